The Kier molecular flexibility index (Phi) is 7.97. The third-order valence-corrected chi connectivity index (χ3v) is 3.90. The second-order valence-corrected chi connectivity index (χ2v) is 5.38. The minimum absolute atomic E-state index is 0.0723. The van der Waals surface area contributed by atoms with Crippen molar-refractivity contribution in [2.24, 2.45) is 11.7 Å². The van der Waals surface area contributed by atoms with Gasteiger partial charge in [-0.05, 0) is 24.3 Å². The summed E-state index contributed by atoms with van der Waals surface area (Å²) < 4.78 is 0. The summed E-state index contributed by atoms with van der Waals surface area (Å²) >= 11 is 0. The molecule has 1 rings (SSSR count). The molecule has 0 radical (unpaired) electrons. The summed E-state index contributed by atoms with van der Waals surface area (Å²) in [6, 6.07) is 10.3. The Morgan fingerprint density at radius 1 is 1.20 bits per heavy atom. The topological polar surface area (TPSA) is 55.1 Å². The van der Waals surface area contributed by atoms with Gasteiger partial charge in [0.15, 0.2) is 0 Å². The summed E-state index contributed by atoms with van der Waals surface area (Å²) in [5.74, 6) is 0.613. The molecule has 3 N–H and O–H groups in total. The van der Waals surface area contributed by atoms with Crippen molar-refractivity contribution in [1.82, 2.24) is 5.32 Å². The molecule has 0 aromatic heterocycles. The predicted molar refractivity (Wildman–Crippen MR) is 84.4 cm³/mol. The smallest absolute Gasteiger partial charge is 0.220 e. The molecule has 3 nitrogen and oxygen atoms in total. The van der Waals surface area contributed by atoms with Crippen LogP contribution in [0.5, 0.6) is 0 Å². The van der Waals surface area contributed by atoms with E-state index in [0.29, 0.717) is 18.9 Å². The second kappa shape index (κ2) is 9.54. The van der Waals surface area contributed by atoms with Crippen molar-refractivity contribution < 1.29 is 4.79 Å². The van der Waals surface area contributed by atoms with Crippen molar-refractivity contribution in [3.05, 3.63) is 35.9 Å². The molecule has 0 bridgehead atoms. The van der Waals surface area contributed by atoms with Gasteiger partial charge in [-0.15, -0.1) is 0 Å². The van der Waals surface area contributed by atoms with E-state index in [1.54, 1.807) is 0 Å². The predicted octanol–water partition coefficient (Wildman–Crippen LogP) is 2.89. The first-order chi connectivity index (χ1) is 9.67. The molecular weight excluding hydrogens is 248 g/mol. The van der Waals surface area contributed by atoms with Gasteiger partial charge in [0, 0.05) is 19.0 Å². The van der Waals surface area contributed by atoms with E-state index in [2.05, 4.69) is 31.3 Å². The molecule has 0 saturated carbocycles. The maximum absolute atomic E-state index is 11.8. The first-order valence-corrected chi connectivity index (χ1v) is 7.73. The van der Waals surface area contributed by atoms with Crippen LogP contribution in [0.3, 0.4) is 0 Å². The fourth-order valence-electron chi connectivity index (χ4n) is 2.48. The van der Waals surface area contributed by atoms with Crippen LogP contribution in [-0.2, 0) is 11.2 Å². The van der Waals surface area contributed by atoms with Gasteiger partial charge in [-0.25, -0.2) is 0 Å². The van der Waals surface area contributed by atoms with E-state index in [1.807, 2.05) is 18.2 Å². The highest BCUT2D eigenvalue weighted by molar-refractivity contribution is 5.75. The standard InChI is InChI=1S/C17H28N2O/c1-3-15(4-2)16(18)13-19-17(20)12-8-11-14-9-6-5-7-10-14/h5-7,9-10,15-16H,3-4,8,11-13,18H2,1-2H3,(H,19,20). The van der Waals surface area contributed by atoms with E-state index < -0.39 is 0 Å². The van der Waals surface area contributed by atoms with Gasteiger partial charge in [0.05, 0.1) is 0 Å². The molecule has 0 aliphatic carbocycles. The Labute approximate surface area is 122 Å². The van der Waals surface area contributed by atoms with Gasteiger partial charge in [0.1, 0.15) is 0 Å². The molecule has 0 fully saturated rings. The van der Waals surface area contributed by atoms with Gasteiger partial charge in [0.25, 0.3) is 0 Å². The summed E-state index contributed by atoms with van der Waals surface area (Å²) in [7, 11) is 0. The number of amides is 1. The normalized spacial score (nSPS) is 12.4. The number of hydrogen-bond acceptors (Lipinski definition) is 2. The SMILES string of the molecule is CCC(CC)C(N)CNC(=O)CCCc1ccccc1. The molecule has 1 amide bonds. The molecule has 1 aromatic rings. The zero-order chi connectivity index (χ0) is 14.8. The zero-order valence-corrected chi connectivity index (χ0v) is 12.8. The Bertz CT molecular complexity index is 374. The number of nitrogens with two attached hydrogens (primary N) is 1. The third kappa shape index (κ3) is 6.20. The van der Waals surface area contributed by atoms with Crippen molar-refractivity contribution in [1.29, 1.82) is 0 Å². The van der Waals surface area contributed by atoms with E-state index >= 15 is 0 Å². The zero-order valence-electron chi connectivity index (χ0n) is 12.8. The van der Waals surface area contributed by atoms with Crippen LogP contribution in [-0.4, -0.2) is 18.5 Å². The summed E-state index contributed by atoms with van der Waals surface area (Å²) in [6.07, 6.45) is 4.55. The van der Waals surface area contributed by atoms with Crippen molar-refractivity contribution >= 4 is 5.91 Å². The fraction of sp³-hybridized carbons (Fsp3) is 0.588. The lowest BCUT2D eigenvalue weighted by atomic mass is 9.95. The van der Waals surface area contributed by atoms with E-state index in [0.717, 1.165) is 25.7 Å². The van der Waals surface area contributed by atoms with Gasteiger partial charge in [-0.2, -0.15) is 0 Å². The number of carbonyl (C=O) groups is 1. The Morgan fingerprint density at radius 2 is 1.85 bits per heavy atom. The second-order valence-electron chi connectivity index (χ2n) is 5.38. The summed E-state index contributed by atoms with van der Waals surface area (Å²) in [5, 5.41) is 2.95. The lowest BCUT2D eigenvalue weighted by Crippen LogP contribution is -2.41. The van der Waals surface area contributed by atoms with E-state index in [-0.39, 0.29) is 11.9 Å². The highest BCUT2D eigenvalue weighted by Gasteiger charge is 2.14. The molecule has 1 unspecified atom stereocenters. The monoisotopic (exact) mass is 276 g/mol. The minimum atomic E-state index is 0.0723. The molecule has 112 valence electrons. The van der Waals surface area contributed by atoms with Gasteiger partial charge >= 0.3 is 0 Å². The Balaban J connectivity index is 2.17. The molecule has 1 aromatic carbocycles. The lowest BCUT2D eigenvalue weighted by molar-refractivity contribution is -0.121. The summed E-state index contributed by atoms with van der Waals surface area (Å²) in [6.45, 7) is 4.89. The molecule has 3 heteroatoms. The number of hydrogen-bond donors (Lipinski definition) is 2. The van der Waals surface area contributed by atoms with E-state index in [1.165, 1.54) is 5.56 Å². The average Bonchev–Trinajstić information content (AvgIpc) is 2.47. The van der Waals surface area contributed by atoms with Crippen molar-refractivity contribution in [2.75, 3.05) is 6.54 Å². The number of aryl methyl sites for hydroxylation is 1. The highest BCUT2D eigenvalue weighted by atomic mass is 16.1. The van der Waals surface area contributed by atoms with Crippen molar-refractivity contribution in [2.45, 2.75) is 52.0 Å². The van der Waals surface area contributed by atoms with Gasteiger partial charge < -0.3 is 11.1 Å². The first kappa shape index (κ1) is 16.7. The first-order valence-electron chi connectivity index (χ1n) is 7.73. The van der Waals surface area contributed by atoms with Crippen LogP contribution >= 0.6 is 0 Å². The largest absolute Gasteiger partial charge is 0.355 e. The van der Waals surface area contributed by atoms with Gasteiger partial charge in [-0.3, -0.25) is 4.79 Å². The summed E-state index contributed by atoms with van der Waals surface area (Å²) in [5.41, 5.74) is 7.38. The van der Waals surface area contributed by atoms with Crippen molar-refractivity contribution in [3.63, 3.8) is 0 Å². The number of benzene rings is 1. The molecule has 1 atom stereocenters. The summed E-state index contributed by atoms with van der Waals surface area (Å²) in [4.78, 5) is 11.8. The van der Waals surface area contributed by atoms with E-state index in [9.17, 15) is 4.79 Å². The fourth-order valence-corrected chi connectivity index (χ4v) is 2.48. The number of nitrogens with one attached hydrogen (secondary N) is 1. The lowest BCUT2D eigenvalue weighted by Gasteiger charge is -2.21. The van der Waals surface area contributed by atoms with Crippen LogP contribution in [0.15, 0.2) is 30.3 Å². The van der Waals surface area contributed by atoms with Crippen LogP contribution in [0.25, 0.3) is 0 Å². The maximum Gasteiger partial charge on any atom is 0.220 e. The average molecular weight is 276 g/mol. The molecule has 0 heterocycles. The van der Waals surface area contributed by atoms with Crippen LogP contribution in [0, 0.1) is 5.92 Å². The quantitative estimate of drug-likeness (QED) is 0.728. The molecule has 0 spiro atoms. The van der Waals surface area contributed by atoms with Crippen molar-refractivity contribution in [3.8, 4) is 0 Å². The van der Waals surface area contributed by atoms with Crippen LogP contribution in [0.4, 0.5) is 0 Å². The van der Waals surface area contributed by atoms with Gasteiger partial charge in [0.2, 0.25) is 5.91 Å². The van der Waals surface area contributed by atoms with Crippen LogP contribution < -0.4 is 11.1 Å². The molecule has 20 heavy (non-hydrogen) atoms. The molecule has 0 aliphatic heterocycles. The maximum atomic E-state index is 11.8. The van der Waals surface area contributed by atoms with Gasteiger partial charge in [-0.1, -0.05) is 57.0 Å². The number of carbonyl (C=O) groups excluding carboxylic acids is 1. The van der Waals surface area contributed by atoms with Crippen LogP contribution in [0.1, 0.15) is 45.1 Å². The van der Waals surface area contributed by atoms with E-state index in [4.69, 9.17) is 5.73 Å². The minimum Gasteiger partial charge on any atom is -0.355 e. The molecule has 0 aliphatic rings. The van der Waals surface area contributed by atoms with Crippen LogP contribution in [0.2, 0.25) is 0 Å². The molecule has 0 saturated heterocycles. The highest BCUT2D eigenvalue weighted by Crippen LogP contribution is 2.10. The third-order valence-electron chi connectivity index (χ3n) is 3.90. The Morgan fingerprint density at radius 3 is 2.45 bits per heavy atom. The molecular formula is C17H28N2O. The Hall–Kier alpha value is -1.35. The number of rotatable bonds is 9.